The summed E-state index contributed by atoms with van der Waals surface area (Å²) in [6.07, 6.45) is 0. The number of hydrazone groups is 1. The van der Waals surface area contributed by atoms with E-state index in [0.717, 1.165) is 54.8 Å². The first-order chi connectivity index (χ1) is 12.1. The van der Waals surface area contributed by atoms with Crippen molar-refractivity contribution in [2.45, 2.75) is 13.5 Å². The molecule has 4 nitrogen and oxygen atoms in total. The molecule has 0 spiro atoms. The zero-order valence-corrected chi connectivity index (χ0v) is 15.5. The van der Waals surface area contributed by atoms with Gasteiger partial charge in [0, 0.05) is 43.3 Å². The first kappa shape index (κ1) is 17.8. The SMILES string of the molecule is COc1cccc(/C(C)=N\N2CCN(Cc3ccc(Cl)cc3)CC2)c1. The Morgan fingerprint density at radius 3 is 2.48 bits per heavy atom. The fraction of sp³-hybridized carbons (Fsp3) is 0.350. The van der Waals surface area contributed by atoms with Crippen molar-refractivity contribution in [1.82, 2.24) is 9.91 Å². The van der Waals surface area contributed by atoms with Gasteiger partial charge in [-0.2, -0.15) is 5.10 Å². The minimum absolute atomic E-state index is 0.788. The second-order valence-corrected chi connectivity index (χ2v) is 6.71. The first-order valence-corrected chi connectivity index (χ1v) is 8.93. The van der Waals surface area contributed by atoms with Gasteiger partial charge in [0.2, 0.25) is 0 Å². The monoisotopic (exact) mass is 357 g/mol. The molecule has 0 N–H and O–H groups in total. The van der Waals surface area contributed by atoms with Crippen LogP contribution in [0.3, 0.4) is 0 Å². The summed E-state index contributed by atoms with van der Waals surface area (Å²) in [5.74, 6) is 0.861. The molecule has 2 aromatic rings. The molecule has 5 heteroatoms. The highest BCUT2D eigenvalue weighted by atomic mass is 35.5. The molecule has 0 aliphatic carbocycles. The average molecular weight is 358 g/mol. The van der Waals surface area contributed by atoms with Crippen molar-refractivity contribution in [3.8, 4) is 5.75 Å². The molecular weight excluding hydrogens is 334 g/mol. The average Bonchev–Trinajstić information content (AvgIpc) is 2.65. The summed E-state index contributed by atoms with van der Waals surface area (Å²) in [5, 5.41) is 7.73. The highest BCUT2D eigenvalue weighted by Crippen LogP contribution is 2.15. The number of halogens is 1. The molecule has 1 heterocycles. The standard InChI is InChI=1S/C20H24ClN3O/c1-16(18-4-3-5-20(14-18)25-2)22-24-12-10-23(11-13-24)15-17-6-8-19(21)9-7-17/h3-9,14H,10-13,15H2,1-2H3/b22-16-. The summed E-state index contributed by atoms with van der Waals surface area (Å²) in [6, 6.07) is 16.1. The van der Waals surface area contributed by atoms with Crippen LogP contribution in [0, 0.1) is 0 Å². The molecule has 0 radical (unpaired) electrons. The van der Waals surface area contributed by atoms with E-state index in [1.807, 2.05) is 30.3 Å². The number of methoxy groups -OCH3 is 1. The van der Waals surface area contributed by atoms with Crippen molar-refractivity contribution < 1.29 is 4.74 Å². The fourth-order valence-corrected chi connectivity index (χ4v) is 3.09. The van der Waals surface area contributed by atoms with Crippen LogP contribution in [0.2, 0.25) is 5.02 Å². The van der Waals surface area contributed by atoms with Crippen LogP contribution < -0.4 is 4.74 Å². The van der Waals surface area contributed by atoms with Crippen LogP contribution in [0.4, 0.5) is 0 Å². The van der Waals surface area contributed by atoms with Crippen molar-refractivity contribution in [3.05, 3.63) is 64.7 Å². The molecule has 0 bridgehead atoms. The molecule has 0 aromatic heterocycles. The van der Waals surface area contributed by atoms with Crippen LogP contribution in [-0.4, -0.2) is 48.9 Å². The maximum Gasteiger partial charge on any atom is 0.119 e. The number of ether oxygens (including phenoxy) is 1. The van der Waals surface area contributed by atoms with Crippen LogP contribution in [0.15, 0.2) is 53.6 Å². The van der Waals surface area contributed by atoms with Crippen LogP contribution in [0.1, 0.15) is 18.1 Å². The lowest BCUT2D eigenvalue weighted by Crippen LogP contribution is -2.43. The van der Waals surface area contributed by atoms with E-state index in [1.54, 1.807) is 7.11 Å². The predicted molar refractivity (Wildman–Crippen MR) is 104 cm³/mol. The maximum absolute atomic E-state index is 5.95. The summed E-state index contributed by atoms with van der Waals surface area (Å²) >= 11 is 5.95. The van der Waals surface area contributed by atoms with Crippen molar-refractivity contribution in [1.29, 1.82) is 0 Å². The Morgan fingerprint density at radius 2 is 1.80 bits per heavy atom. The van der Waals surface area contributed by atoms with Gasteiger partial charge in [-0.05, 0) is 36.8 Å². The maximum atomic E-state index is 5.95. The molecule has 2 aromatic carbocycles. The second-order valence-electron chi connectivity index (χ2n) is 6.27. The molecule has 0 atom stereocenters. The topological polar surface area (TPSA) is 28.1 Å². The molecule has 3 rings (SSSR count). The zero-order chi connectivity index (χ0) is 17.6. The van der Waals surface area contributed by atoms with Crippen LogP contribution in [-0.2, 0) is 6.54 Å². The molecule has 132 valence electrons. The van der Waals surface area contributed by atoms with E-state index >= 15 is 0 Å². The molecule has 0 saturated carbocycles. The van der Waals surface area contributed by atoms with Gasteiger partial charge in [0.25, 0.3) is 0 Å². The van der Waals surface area contributed by atoms with Gasteiger partial charge in [0.1, 0.15) is 5.75 Å². The Labute approximate surface area is 154 Å². The molecule has 0 unspecified atom stereocenters. The quantitative estimate of drug-likeness (QED) is 0.760. The van der Waals surface area contributed by atoms with E-state index in [1.165, 1.54) is 5.56 Å². The molecule has 1 saturated heterocycles. The van der Waals surface area contributed by atoms with Crippen molar-refractivity contribution in [2.75, 3.05) is 33.3 Å². The molecule has 1 aliphatic rings. The summed E-state index contributed by atoms with van der Waals surface area (Å²) in [4.78, 5) is 2.45. The van der Waals surface area contributed by atoms with Crippen LogP contribution in [0.25, 0.3) is 0 Å². The van der Waals surface area contributed by atoms with Crippen molar-refractivity contribution in [2.24, 2.45) is 5.10 Å². The summed E-state index contributed by atoms with van der Waals surface area (Å²) in [7, 11) is 1.69. The van der Waals surface area contributed by atoms with Gasteiger partial charge in [0.05, 0.1) is 12.8 Å². The van der Waals surface area contributed by atoms with E-state index in [-0.39, 0.29) is 0 Å². The van der Waals surface area contributed by atoms with Crippen molar-refractivity contribution >= 4 is 17.3 Å². The van der Waals surface area contributed by atoms with Gasteiger partial charge in [0.15, 0.2) is 0 Å². The van der Waals surface area contributed by atoms with E-state index in [0.29, 0.717) is 0 Å². The molecule has 25 heavy (non-hydrogen) atoms. The lowest BCUT2D eigenvalue weighted by atomic mass is 10.1. The summed E-state index contributed by atoms with van der Waals surface area (Å²) < 4.78 is 5.29. The van der Waals surface area contributed by atoms with Gasteiger partial charge in [-0.3, -0.25) is 9.91 Å². The normalized spacial score (nSPS) is 16.1. The number of benzene rings is 2. The number of hydrogen-bond acceptors (Lipinski definition) is 4. The molecular formula is C20H24ClN3O. The van der Waals surface area contributed by atoms with E-state index < -0.39 is 0 Å². The third kappa shape index (κ3) is 4.97. The number of piperazine rings is 1. The van der Waals surface area contributed by atoms with E-state index in [4.69, 9.17) is 21.4 Å². The summed E-state index contributed by atoms with van der Waals surface area (Å²) in [6.45, 7) is 6.91. The van der Waals surface area contributed by atoms with Crippen LogP contribution in [0.5, 0.6) is 5.75 Å². The van der Waals surface area contributed by atoms with Gasteiger partial charge in [-0.1, -0.05) is 35.9 Å². The summed E-state index contributed by atoms with van der Waals surface area (Å²) in [5.41, 5.74) is 3.42. The molecule has 0 amide bonds. The number of rotatable bonds is 5. The number of nitrogens with zero attached hydrogens (tertiary/aromatic N) is 3. The Bertz CT molecular complexity index is 722. The largest absolute Gasteiger partial charge is 0.497 e. The lowest BCUT2D eigenvalue weighted by Gasteiger charge is -2.33. The van der Waals surface area contributed by atoms with Crippen molar-refractivity contribution in [3.63, 3.8) is 0 Å². The molecule has 1 fully saturated rings. The smallest absolute Gasteiger partial charge is 0.119 e. The van der Waals surface area contributed by atoms with Gasteiger partial charge < -0.3 is 4.74 Å². The van der Waals surface area contributed by atoms with Gasteiger partial charge in [-0.15, -0.1) is 0 Å². The minimum atomic E-state index is 0.788. The van der Waals surface area contributed by atoms with Gasteiger partial charge in [-0.25, -0.2) is 0 Å². The minimum Gasteiger partial charge on any atom is -0.497 e. The predicted octanol–water partition coefficient (Wildman–Crippen LogP) is 3.89. The highest BCUT2D eigenvalue weighted by Gasteiger charge is 2.16. The lowest BCUT2D eigenvalue weighted by molar-refractivity contribution is 0.130. The van der Waals surface area contributed by atoms with E-state index in [9.17, 15) is 0 Å². The zero-order valence-electron chi connectivity index (χ0n) is 14.8. The number of hydrogen-bond donors (Lipinski definition) is 0. The fourth-order valence-electron chi connectivity index (χ4n) is 2.96. The Kier molecular flexibility index (Phi) is 5.95. The first-order valence-electron chi connectivity index (χ1n) is 8.55. The van der Waals surface area contributed by atoms with Gasteiger partial charge >= 0.3 is 0 Å². The van der Waals surface area contributed by atoms with Crippen LogP contribution >= 0.6 is 11.6 Å². The third-order valence-electron chi connectivity index (χ3n) is 4.45. The third-order valence-corrected chi connectivity index (χ3v) is 4.70. The Balaban J connectivity index is 1.55. The highest BCUT2D eigenvalue weighted by molar-refractivity contribution is 6.30. The Hall–Kier alpha value is -2.04. The molecule has 1 aliphatic heterocycles. The Morgan fingerprint density at radius 1 is 1.08 bits per heavy atom. The van der Waals surface area contributed by atoms with E-state index in [2.05, 4.69) is 35.0 Å². The second kappa shape index (κ2) is 8.37.